The lowest BCUT2D eigenvalue weighted by Gasteiger charge is -2.50. The summed E-state index contributed by atoms with van der Waals surface area (Å²) in [4.78, 5) is 24.7. The lowest BCUT2D eigenvalue weighted by molar-refractivity contribution is -0.137. The minimum atomic E-state index is -4.35. The Morgan fingerprint density at radius 3 is 2.15 bits per heavy atom. The van der Waals surface area contributed by atoms with E-state index < -0.39 is 11.7 Å². The summed E-state index contributed by atoms with van der Waals surface area (Å²) in [6.45, 7) is 15.3. The number of hydrogen-bond acceptors (Lipinski definition) is 5. The van der Waals surface area contributed by atoms with Crippen LogP contribution >= 0.6 is 0 Å². The van der Waals surface area contributed by atoms with Crippen LogP contribution in [0.4, 0.5) is 13.2 Å². The van der Waals surface area contributed by atoms with Crippen LogP contribution in [-0.4, -0.2) is 84.8 Å². The Labute approximate surface area is 237 Å². The molecule has 2 heterocycles. The Morgan fingerprint density at radius 1 is 1.05 bits per heavy atom. The summed E-state index contributed by atoms with van der Waals surface area (Å²) >= 11 is 0. The molecule has 0 bridgehead atoms. The maximum Gasteiger partial charge on any atom is 0.416 e. The highest BCUT2D eigenvalue weighted by molar-refractivity contribution is 6.21. The van der Waals surface area contributed by atoms with E-state index >= 15 is 0 Å². The van der Waals surface area contributed by atoms with Gasteiger partial charge < -0.3 is 9.64 Å². The fourth-order valence-electron chi connectivity index (χ4n) is 5.77. The number of methoxy groups -OCH3 is 1. The predicted molar refractivity (Wildman–Crippen MR) is 154 cm³/mol. The minimum absolute atomic E-state index is 0.00782. The Bertz CT molecular complexity index is 1070. The number of piperazine rings is 1. The SMILES string of the molecule is CC/C=C/N=C(C)C(C(=O)N1CCC(C)(N2CCN([C@@H](COC)c3ccc(C(F)(F)F)cc3)CC2)CC1)=C(C)C. The van der Waals surface area contributed by atoms with Crippen LogP contribution in [0.2, 0.25) is 0 Å². The summed E-state index contributed by atoms with van der Waals surface area (Å²) in [7, 11) is 1.62. The molecule has 0 unspecified atom stereocenters. The molecule has 0 saturated carbocycles. The summed E-state index contributed by atoms with van der Waals surface area (Å²) in [5.41, 5.74) is 2.61. The van der Waals surface area contributed by atoms with Gasteiger partial charge in [-0.05, 0) is 64.7 Å². The topological polar surface area (TPSA) is 48.4 Å². The fraction of sp³-hybridized carbons (Fsp3) is 0.613. The number of alkyl halides is 3. The van der Waals surface area contributed by atoms with E-state index in [4.69, 9.17) is 4.74 Å². The van der Waals surface area contributed by atoms with Gasteiger partial charge in [0.25, 0.3) is 5.91 Å². The quantitative estimate of drug-likeness (QED) is 0.269. The highest BCUT2D eigenvalue weighted by atomic mass is 19.4. The Hall–Kier alpha value is -2.49. The number of aliphatic imine (C=N–C) groups is 1. The van der Waals surface area contributed by atoms with E-state index in [0.29, 0.717) is 25.3 Å². The van der Waals surface area contributed by atoms with Gasteiger partial charge in [-0.3, -0.25) is 19.6 Å². The summed E-state index contributed by atoms with van der Waals surface area (Å²) in [6, 6.07) is 5.35. The molecule has 3 rings (SSSR count). The number of allylic oxidation sites excluding steroid dienone is 2. The van der Waals surface area contributed by atoms with Crippen molar-refractivity contribution in [3.05, 3.63) is 58.8 Å². The largest absolute Gasteiger partial charge is 0.416 e. The van der Waals surface area contributed by atoms with Crippen LogP contribution in [0.3, 0.4) is 0 Å². The first-order chi connectivity index (χ1) is 18.9. The molecular formula is C31H45F3N4O2. The molecule has 2 aliphatic heterocycles. The lowest BCUT2D eigenvalue weighted by Crippen LogP contribution is -2.60. The Balaban J connectivity index is 1.61. The van der Waals surface area contributed by atoms with Crippen molar-refractivity contribution in [2.75, 3.05) is 53.0 Å². The first-order valence-electron chi connectivity index (χ1n) is 14.2. The summed E-state index contributed by atoms with van der Waals surface area (Å²) in [5, 5.41) is 0. The second-order valence-electron chi connectivity index (χ2n) is 11.3. The van der Waals surface area contributed by atoms with E-state index in [9.17, 15) is 18.0 Å². The predicted octanol–water partition coefficient (Wildman–Crippen LogP) is 6.11. The van der Waals surface area contributed by atoms with Crippen molar-refractivity contribution in [3.63, 3.8) is 0 Å². The van der Waals surface area contributed by atoms with Gasteiger partial charge in [0.2, 0.25) is 0 Å². The van der Waals surface area contributed by atoms with Crippen molar-refractivity contribution in [2.45, 2.75) is 71.6 Å². The maximum absolute atomic E-state index is 13.5. The molecule has 0 spiro atoms. The zero-order valence-corrected chi connectivity index (χ0v) is 24.9. The van der Waals surface area contributed by atoms with Crippen molar-refractivity contribution in [1.29, 1.82) is 0 Å². The van der Waals surface area contributed by atoms with E-state index in [1.165, 1.54) is 0 Å². The molecule has 0 aromatic heterocycles. The zero-order chi connectivity index (χ0) is 29.5. The third kappa shape index (κ3) is 7.83. The number of carbonyl (C=O) groups is 1. The van der Waals surface area contributed by atoms with Crippen molar-refractivity contribution in [2.24, 2.45) is 4.99 Å². The van der Waals surface area contributed by atoms with Crippen molar-refractivity contribution >= 4 is 11.6 Å². The number of benzene rings is 1. The van der Waals surface area contributed by atoms with E-state index in [1.54, 1.807) is 25.4 Å². The molecule has 40 heavy (non-hydrogen) atoms. The molecule has 1 aromatic rings. The van der Waals surface area contributed by atoms with Gasteiger partial charge in [-0.2, -0.15) is 13.2 Å². The van der Waals surface area contributed by atoms with E-state index in [0.717, 1.165) is 74.4 Å². The van der Waals surface area contributed by atoms with E-state index in [-0.39, 0.29) is 17.5 Å². The first-order valence-corrected chi connectivity index (χ1v) is 14.2. The Morgan fingerprint density at radius 2 is 1.65 bits per heavy atom. The van der Waals surface area contributed by atoms with Gasteiger partial charge >= 0.3 is 6.18 Å². The second kappa shape index (κ2) is 13.9. The number of piperidine rings is 1. The third-order valence-corrected chi connectivity index (χ3v) is 8.28. The molecule has 1 amide bonds. The second-order valence-corrected chi connectivity index (χ2v) is 11.3. The zero-order valence-electron chi connectivity index (χ0n) is 24.9. The van der Waals surface area contributed by atoms with Gasteiger partial charge in [0, 0.05) is 63.8 Å². The molecule has 222 valence electrons. The number of rotatable bonds is 9. The molecule has 0 radical (unpaired) electrons. The average molecular weight is 563 g/mol. The van der Waals surface area contributed by atoms with Gasteiger partial charge in [0.15, 0.2) is 0 Å². The van der Waals surface area contributed by atoms with Crippen LogP contribution in [0.5, 0.6) is 0 Å². The molecule has 2 fully saturated rings. The molecule has 2 aliphatic rings. The van der Waals surface area contributed by atoms with Gasteiger partial charge in [0.05, 0.1) is 23.8 Å². The van der Waals surface area contributed by atoms with Gasteiger partial charge in [0.1, 0.15) is 0 Å². The van der Waals surface area contributed by atoms with Crippen LogP contribution < -0.4 is 0 Å². The normalized spacial score (nSPS) is 20.1. The van der Waals surface area contributed by atoms with Crippen LogP contribution in [-0.2, 0) is 15.7 Å². The van der Waals surface area contributed by atoms with E-state index in [1.807, 2.05) is 31.7 Å². The number of likely N-dealkylation sites (tertiary alicyclic amines) is 1. The summed E-state index contributed by atoms with van der Waals surface area (Å²) in [5.74, 6) is 0.0527. The molecular weight excluding hydrogens is 517 g/mol. The van der Waals surface area contributed by atoms with Crippen LogP contribution in [0, 0.1) is 0 Å². The minimum Gasteiger partial charge on any atom is -0.383 e. The highest BCUT2D eigenvalue weighted by Gasteiger charge is 2.40. The van der Waals surface area contributed by atoms with Crippen molar-refractivity contribution in [3.8, 4) is 0 Å². The molecule has 6 nitrogen and oxygen atoms in total. The molecule has 1 atom stereocenters. The first kappa shape index (κ1) is 32.0. The number of hydrogen-bond donors (Lipinski definition) is 0. The van der Waals surface area contributed by atoms with E-state index in [2.05, 4.69) is 28.6 Å². The molecule has 1 aromatic carbocycles. The number of ether oxygens (including phenoxy) is 1. The standard InChI is InChI=1S/C31H45F3N4O2/c1-7-8-15-35-24(4)28(23(2)3)29(39)37-16-13-30(5,14-17-37)38-20-18-36(19-21-38)27(22-40-6)25-9-11-26(12-10-25)31(32,33)34/h8-12,15,27H,7,13-14,16-22H2,1-6H3/b15-8+,35-24?/t27-/m0/s1. The van der Waals surface area contributed by atoms with Crippen LogP contribution in [0.1, 0.15) is 71.0 Å². The number of nitrogens with zero attached hydrogens (tertiary/aromatic N) is 4. The monoisotopic (exact) mass is 562 g/mol. The average Bonchev–Trinajstić information content (AvgIpc) is 2.92. The summed E-state index contributed by atoms with van der Waals surface area (Å²) in [6.07, 6.45) is 2.08. The Kier molecular flexibility index (Phi) is 11.1. The maximum atomic E-state index is 13.5. The van der Waals surface area contributed by atoms with Gasteiger partial charge in [-0.1, -0.05) is 30.7 Å². The van der Waals surface area contributed by atoms with Crippen LogP contribution in [0.25, 0.3) is 0 Å². The van der Waals surface area contributed by atoms with Crippen molar-refractivity contribution < 1.29 is 22.7 Å². The number of amides is 1. The van der Waals surface area contributed by atoms with Crippen molar-refractivity contribution in [1.82, 2.24) is 14.7 Å². The number of halogens is 3. The number of carbonyl (C=O) groups excluding carboxylic acids is 1. The molecule has 0 aliphatic carbocycles. The fourth-order valence-corrected chi connectivity index (χ4v) is 5.77. The molecule has 9 heteroatoms. The molecule has 2 saturated heterocycles. The van der Waals surface area contributed by atoms with Gasteiger partial charge in [-0.25, -0.2) is 0 Å². The summed E-state index contributed by atoms with van der Waals surface area (Å²) < 4.78 is 44.6. The third-order valence-electron chi connectivity index (χ3n) is 8.28. The lowest BCUT2D eigenvalue weighted by atomic mass is 9.86. The smallest absolute Gasteiger partial charge is 0.383 e. The van der Waals surface area contributed by atoms with Gasteiger partial charge in [-0.15, -0.1) is 0 Å². The van der Waals surface area contributed by atoms with Crippen LogP contribution in [0.15, 0.2) is 52.7 Å². The molecule has 0 N–H and O–H groups in total. The highest BCUT2D eigenvalue weighted by Crippen LogP contribution is 2.34.